The van der Waals surface area contributed by atoms with Gasteiger partial charge in [-0.1, -0.05) is 47.1 Å². The molecule has 5 aliphatic carbocycles. The minimum atomic E-state index is -5.82. The number of hydrogen-bond acceptors (Lipinski definition) is 5. The van der Waals surface area contributed by atoms with Gasteiger partial charge in [0.05, 0.1) is 0 Å². The van der Waals surface area contributed by atoms with Crippen molar-refractivity contribution in [1.82, 2.24) is 10.0 Å². The number of amides is 2. The summed E-state index contributed by atoms with van der Waals surface area (Å²) in [5.41, 5.74) is 0.309. The van der Waals surface area contributed by atoms with Crippen LogP contribution in [0, 0.1) is 44.8 Å². The van der Waals surface area contributed by atoms with Gasteiger partial charge in [0.25, 0.3) is 0 Å². The number of rotatable bonds is 2. The normalized spacial score (nSPS) is 46.7. The molecule has 0 spiro atoms. The number of alkyl halides is 3. The van der Waals surface area contributed by atoms with Crippen LogP contribution in [-0.2, 0) is 14.8 Å². The summed E-state index contributed by atoms with van der Waals surface area (Å²) in [7, 11) is -5.82. The first kappa shape index (κ1) is 31.8. The van der Waals surface area contributed by atoms with Gasteiger partial charge in [0.15, 0.2) is 5.78 Å². The summed E-state index contributed by atoms with van der Waals surface area (Å²) >= 11 is 0. The number of carbonyl (C=O) groups is 2. The molecule has 4 saturated carbocycles. The zero-order chi connectivity index (χ0) is 31.5. The number of hydrogen-bond donors (Lipinski definition) is 3. The Morgan fingerprint density at radius 2 is 1.57 bits per heavy atom. The van der Waals surface area contributed by atoms with Gasteiger partial charge in [0.2, 0.25) is 0 Å². The minimum absolute atomic E-state index is 0.0678. The van der Waals surface area contributed by atoms with Gasteiger partial charge in [-0.2, -0.15) is 21.6 Å². The molecule has 0 unspecified atom stereocenters. The Labute approximate surface area is 248 Å². The molecule has 9 atom stereocenters. The highest BCUT2D eigenvalue weighted by Gasteiger charge is 2.70. The Hall–Kier alpha value is -1.62. The molecule has 5 aliphatic rings. The summed E-state index contributed by atoms with van der Waals surface area (Å²) < 4.78 is 62.9. The van der Waals surface area contributed by atoms with Gasteiger partial charge < -0.3 is 11.1 Å². The molecule has 0 bridgehead atoms. The standard InChI is InChI=1S/C31H48F3N3O4S/c1-25(2)21-8-11-30(7)23(28(21,5)10-9-22(25)35)20(38)16-18-19-17-27(4,14-12-26(19,3)13-15-29(18,30)6)36-24(39)37-42(40,41)31(32,33)34/h16,19,21-23H,8-15,17,35H2,1-7H3,(H2,36,37,39)/t19-,21-,22-,23+,26+,27-,28-,29+,30+/m0/s1. The van der Waals surface area contributed by atoms with Crippen molar-refractivity contribution in [1.29, 1.82) is 0 Å². The lowest BCUT2D eigenvalue weighted by atomic mass is 9.33. The molecule has 11 heteroatoms. The average Bonchev–Trinajstić information content (AvgIpc) is 2.83. The fourth-order valence-corrected chi connectivity index (χ4v) is 11.2. The number of allylic oxidation sites excluding steroid dienone is 2. The van der Waals surface area contributed by atoms with Gasteiger partial charge in [0, 0.05) is 17.5 Å². The Bertz CT molecular complexity index is 1330. The number of sulfonamides is 1. The quantitative estimate of drug-likeness (QED) is 0.342. The third-order valence-corrected chi connectivity index (χ3v) is 14.7. The third-order valence-electron chi connectivity index (χ3n) is 13.6. The van der Waals surface area contributed by atoms with E-state index < -0.39 is 27.1 Å². The number of nitrogens with one attached hydrogen (secondary N) is 2. The Balaban J connectivity index is 1.49. The average molecular weight is 616 g/mol. The molecule has 238 valence electrons. The summed E-state index contributed by atoms with van der Waals surface area (Å²) in [5.74, 6) is 0.317. The summed E-state index contributed by atoms with van der Waals surface area (Å²) in [5, 5.41) is 2.56. The van der Waals surface area contributed by atoms with Crippen molar-refractivity contribution in [3.05, 3.63) is 11.6 Å². The Morgan fingerprint density at radius 3 is 2.19 bits per heavy atom. The second-order valence-corrected chi connectivity index (χ2v) is 17.9. The predicted octanol–water partition coefficient (Wildman–Crippen LogP) is 6.20. The molecular weight excluding hydrogens is 567 g/mol. The number of halogens is 3. The van der Waals surface area contributed by atoms with E-state index >= 15 is 0 Å². The fraction of sp³-hybridized carbons (Fsp3) is 0.871. The number of carbonyl (C=O) groups excluding carboxylic acids is 2. The second kappa shape index (κ2) is 9.21. The molecule has 5 rings (SSSR count). The SMILES string of the molecule is CC1(C)[C@@H](N)CC[C@]2(C)[C@H]3C(=O)C=C4[C@@H]5C[C@@](C)(NC(=O)NS(=O)(=O)C(F)(F)F)CC[C@]5(C)CC[C@@]4(C)[C@]3(C)CC[C@@H]12. The van der Waals surface area contributed by atoms with Crippen LogP contribution in [0.3, 0.4) is 0 Å². The zero-order valence-corrected chi connectivity index (χ0v) is 26.8. The first-order chi connectivity index (χ1) is 19.0. The summed E-state index contributed by atoms with van der Waals surface area (Å²) in [6.07, 6.45) is 9.16. The van der Waals surface area contributed by atoms with Crippen molar-refractivity contribution in [2.45, 2.75) is 123 Å². The number of urea groups is 1. The molecule has 4 N–H and O–H groups in total. The van der Waals surface area contributed by atoms with E-state index in [-0.39, 0.29) is 50.7 Å². The maximum atomic E-state index is 14.4. The van der Waals surface area contributed by atoms with E-state index in [2.05, 4.69) is 46.9 Å². The lowest BCUT2D eigenvalue weighted by molar-refractivity contribution is -0.186. The van der Waals surface area contributed by atoms with Crippen LogP contribution in [0.25, 0.3) is 0 Å². The Kier molecular flexibility index (Phi) is 6.97. The topological polar surface area (TPSA) is 118 Å². The number of fused-ring (bicyclic) bond motifs is 7. The fourth-order valence-electron chi connectivity index (χ4n) is 10.8. The zero-order valence-electron chi connectivity index (χ0n) is 26.0. The van der Waals surface area contributed by atoms with Crippen molar-refractivity contribution >= 4 is 21.8 Å². The van der Waals surface area contributed by atoms with Crippen LogP contribution in [-0.4, -0.2) is 37.3 Å². The molecular formula is C31H48F3N3O4S. The molecule has 0 saturated heterocycles. The maximum absolute atomic E-state index is 14.4. The maximum Gasteiger partial charge on any atom is 0.516 e. The third kappa shape index (κ3) is 4.32. The largest absolute Gasteiger partial charge is 0.516 e. The Morgan fingerprint density at radius 1 is 0.952 bits per heavy atom. The van der Waals surface area contributed by atoms with Crippen LogP contribution >= 0.6 is 0 Å². The molecule has 0 aromatic rings. The van der Waals surface area contributed by atoms with Crippen molar-refractivity contribution in [2.24, 2.45) is 50.6 Å². The van der Waals surface area contributed by atoms with Crippen LogP contribution in [0.5, 0.6) is 0 Å². The van der Waals surface area contributed by atoms with Gasteiger partial charge in [-0.25, -0.2) is 9.52 Å². The minimum Gasteiger partial charge on any atom is -0.332 e. The lowest BCUT2D eigenvalue weighted by Gasteiger charge is -2.70. The van der Waals surface area contributed by atoms with Crippen LogP contribution in [0.15, 0.2) is 11.6 Å². The van der Waals surface area contributed by atoms with E-state index in [1.807, 2.05) is 6.08 Å². The highest BCUT2D eigenvalue weighted by molar-refractivity contribution is 7.90. The van der Waals surface area contributed by atoms with Gasteiger partial charge in [-0.15, -0.1) is 0 Å². The monoisotopic (exact) mass is 615 g/mol. The summed E-state index contributed by atoms with van der Waals surface area (Å²) in [4.78, 5) is 26.9. The van der Waals surface area contributed by atoms with Crippen LogP contribution in [0.2, 0.25) is 0 Å². The highest BCUT2D eigenvalue weighted by Crippen LogP contribution is 2.74. The molecule has 0 aliphatic heterocycles. The highest BCUT2D eigenvalue weighted by atomic mass is 32.2. The molecule has 0 heterocycles. The van der Waals surface area contributed by atoms with E-state index in [9.17, 15) is 31.2 Å². The van der Waals surface area contributed by atoms with Crippen LogP contribution < -0.4 is 15.8 Å². The van der Waals surface area contributed by atoms with Crippen molar-refractivity contribution < 1.29 is 31.2 Å². The van der Waals surface area contributed by atoms with Crippen molar-refractivity contribution in [2.75, 3.05) is 0 Å². The van der Waals surface area contributed by atoms with Crippen molar-refractivity contribution in [3.63, 3.8) is 0 Å². The van der Waals surface area contributed by atoms with E-state index in [0.717, 1.165) is 48.8 Å². The molecule has 4 fully saturated rings. The van der Waals surface area contributed by atoms with Gasteiger partial charge in [-0.05, 0) is 110 Å². The summed E-state index contributed by atoms with van der Waals surface area (Å²) in [6.45, 7) is 15.4. The lowest BCUT2D eigenvalue weighted by Crippen LogP contribution is -2.67. The molecule has 0 aromatic heterocycles. The first-order valence-corrected chi connectivity index (χ1v) is 16.9. The van der Waals surface area contributed by atoms with E-state index in [0.29, 0.717) is 25.2 Å². The number of nitrogens with two attached hydrogens (primary N) is 1. The summed E-state index contributed by atoms with van der Waals surface area (Å²) in [6, 6.07) is -1.28. The molecule has 2 amide bonds. The molecule has 0 aromatic carbocycles. The first-order valence-electron chi connectivity index (χ1n) is 15.4. The predicted molar refractivity (Wildman–Crippen MR) is 154 cm³/mol. The van der Waals surface area contributed by atoms with Crippen LogP contribution in [0.1, 0.15) is 106 Å². The molecule has 0 radical (unpaired) electrons. The molecule has 42 heavy (non-hydrogen) atoms. The van der Waals surface area contributed by atoms with Crippen molar-refractivity contribution in [3.8, 4) is 0 Å². The van der Waals surface area contributed by atoms with E-state index in [4.69, 9.17) is 5.73 Å². The van der Waals surface area contributed by atoms with E-state index in [1.165, 1.54) is 0 Å². The van der Waals surface area contributed by atoms with Gasteiger partial charge in [0.1, 0.15) is 0 Å². The molecule has 7 nitrogen and oxygen atoms in total. The smallest absolute Gasteiger partial charge is 0.332 e. The van der Waals surface area contributed by atoms with Gasteiger partial charge in [-0.3, -0.25) is 4.79 Å². The van der Waals surface area contributed by atoms with Gasteiger partial charge >= 0.3 is 21.6 Å². The number of ketones is 1. The second-order valence-electron chi connectivity index (χ2n) is 16.2. The van der Waals surface area contributed by atoms with Crippen LogP contribution in [0.4, 0.5) is 18.0 Å². The van der Waals surface area contributed by atoms with E-state index in [1.54, 1.807) is 6.92 Å².